The highest BCUT2D eigenvalue weighted by atomic mass is 32.1. The lowest BCUT2D eigenvalue weighted by Gasteiger charge is -2.08. The number of carbonyl (C=O) groups excluding carboxylic acids is 1. The van der Waals surface area contributed by atoms with Crippen LogP contribution in [0.3, 0.4) is 0 Å². The molecule has 0 radical (unpaired) electrons. The Balaban J connectivity index is 1.61. The summed E-state index contributed by atoms with van der Waals surface area (Å²) in [6, 6.07) is 10.3. The maximum absolute atomic E-state index is 13.6. The van der Waals surface area contributed by atoms with Crippen molar-refractivity contribution < 1.29 is 13.6 Å². The molecular formula is C17H13F2N3OS. The Morgan fingerprint density at radius 3 is 2.71 bits per heavy atom. The molecule has 3 rings (SSSR count). The molecule has 0 fully saturated rings. The van der Waals surface area contributed by atoms with Gasteiger partial charge in [0.25, 0.3) is 0 Å². The predicted octanol–water partition coefficient (Wildman–Crippen LogP) is 4.35. The Bertz CT molecular complexity index is 836. The fraction of sp³-hybridized carbons (Fsp3) is 0.0588. The van der Waals surface area contributed by atoms with E-state index in [0.717, 1.165) is 17.0 Å². The van der Waals surface area contributed by atoms with Gasteiger partial charge in [-0.2, -0.15) is 0 Å². The second-order valence-corrected chi connectivity index (χ2v) is 6.02. The van der Waals surface area contributed by atoms with Crippen LogP contribution in [0.4, 0.5) is 26.0 Å². The molecule has 3 aromatic rings. The Labute approximate surface area is 141 Å². The molecule has 0 saturated carbocycles. The summed E-state index contributed by atoms with van der Waals surface area (Å²) in [5.74, 6) is -1.10. The molecule has 0 aliphatic rings. The summed E-state index contributed by atoms with van der Waals surface area (Å²) >= 11 is 1.52. The van der Waals surface area contributed by atoms with Crippen LogP contribution in [-0.2, 0) is 11.2 Å². The number of halogens is 2. The number of nitrogens with one attached hydrogen (secondary N) is 2. The van der Waals surface area contributed by atoms with Gasteiger partial charge in [-0.05, 0) is 35.7 Å². The number of aromatic nitrogens is 1. The van der Waals surface area contributed by atoms with Gasteiger partial charge in [0, 0.05) is 10.9 Å². The van der Waals surface area contributed by atoms with E-state index in [0.29, 0.717) is 17.9 Å². The third kappa shape index (κ3) is 4.14. The van der Waals surface area contributed by atoms with Crippen LogP contribution >= 0.6 is 11.3 Å². The SMILES string of the molecule is O=C(Cc1cccs1)Nc1ccc(Nc2ccc(F)cc2F)nc1. The molecule has 0 atom stereocenters. The summed E-state index contributed by atoms with van der Waals surface area (Å²) < 4.78 is 26.5. The first-order valence-corrected chi connectivity index (χ1v) is 7.98. The molecule has 2 aromatic heterocycles. The number of carbonyl (C=O) groups is 1. The van der Waals surface area contributed by atoms with Crippen LogP contribution in [0.15, 0.2) is 54.0 Å². The van der Waals surface area contributed by atoms with Crippen LogP contribution in [0.5, 0.6) is 0 Å². The van der Waals surface area contributed by atoms with Crippen LogP contribution in [0.1, 0.15) is 4.88 Å². The van der Waals surface area contributed by atoms with E-state index < -0.39 is 11.6 Å². The maximum Gasteiger partial charge on any atom is 0.229 e. The number of hydrogen-bond donors (Lipinski definition) is 2. The van der Waals surface area contributed by atoms with Crippen molar-refractivity contribution in [1.82, 2.24) is 4.98 Å². The van der Waals surface area contributed by atoms with Crippen molar-refractivity contribution in [2.75, 3.05) is 10.6 Å². The van der Waals surface area contributed by atoms with Crippen molar-refractivity contribution in [3.8, 4) is 0 Å². The highest BCUT2D eigenvalue weighted by molar-refractivity contribution is 7.10. The fourth-order valence-corrected chi connectivity index (χ4v) is 2.75. The zero-order chi connectivity index (χ0) is 16.9. The zero-order valence-electron chi connectivity index (χ0n) is 12.4. The fourth-order valence-electron chi connectivity index (χ4n) is 2.05. The average Bonchev–Trinajstić information content (AvgIpc) is 3.04. The monoisotopic (exact) mass is 345 g/mol. The zero-order valence-corrected chi connectivity index (χ0v) is 13.2. The summed E-state index contributed by atoms with van der Waals surface area (Å²) in [6.07, 6.45) is 1.77. The van der Waals surface area contributed by atoms with Gasteiger partial charge in [0.15, 0.2) is 0 Å². The Hall–Kier alpha value is -2.80. The summed E-state index contributed by atoms with van der Waals surface area (Å²) in [5.41, 5.74) is 0.667. The van der Waals surface area contributed by atoms with Gasteiger partial charge in [0.1, 0.15) is 17.5 Å². The van der Waals surface area contributed by atoms with Gasteiger partial charge < -0.3 is 10.6 Å². The molecule has 1 amide bonds. The summed E-state index contributed by atoms with van der Waals surface area (Å²) in [6.45, 7) is 0. The van der Waals surface area contributed by atoms with E-state index >= 15 is 0 Å². The number of nitrogens with zero attached hydrogens (tertiary/aromatic N) is 1. The van der Waals surface area contributed by atoms with Crippen molar-refractivity contribution in [3.63, 3.8) is 0 Å². The average molecular weight is 345 g/mol. The van der Waals surface area contributed by atoms with E-state index in [-0.39, 0.29) is 11.6 Å². The Kier molecular flexibility index (Phi) is 4.81. The molecule has 0 bridgehead atoms. The van der Waals surface area contributed by atoms with Gasteiger partial charge in [0.2, 0.25) is 5.91 Å². The number of thiophene rings is 1. The minimum absolute atomic E-state index is 0.124. The lowest BCUT2D eigenvalue weighted by atomic mass is 10.3. The minimum atomic E-state index is -0.704. The van der Waals surface area contributed by atoms with Gasteiger partial charge in [-0.3, -0.25) is 4.79 Å². The molecule has 7 heteroatoms. The molecule has 2 N–H and O–H groups in total. The van der Waals surface area contributed by atoms with Crippen molar-refractivity contribution in [2.45, 2.75) is 6.42 Å². The molecule has 4 nitrogen and oxygen atoms in total. The van der Waals surface area contributed by atoms with Gasteiger partial charge in [-0.25, -0.2) is 13.8 Å². The second kappa shape index (κ2) is 7.18. The van der Waals surface area contributed by atoms with Gasteiger partial charge in [-0.15, -0.1) is 11.3 Å². The van der Waals surface area contributed by atoms with Crippen LogP contribution in [0, 0.1) is 11.6 Å². The van der Waals surface area contributed by atoms with Crippen molar-refractivity contribution in [3.05, 3.63) is 70.6 Å². The smallest absolute Gasteiger partial charge is 0.229 e. The second-order valence-electron chi connectivity index (χ2n) is 4.99. The van der Waals surface area contributed by atoms with Crippen molar-refractivity contribution >= 4 is 34.4 Å². The number of benzene rings is 1. The van der Waals surface area contributed by atoms with Crippen molar-refractivity contribution in [2.24, 2.45) is 0 Å². The lowest BCUT2D eigenvalue weighted by Crippen LogP contribution is -2.13. The number of pyridine rings is 1. The van der Waals surface area contributed by atoms with Gasteiger partial charge >= 0.3 is 0 Å². The molecule has 0 spiro atoms. The molecular weight excluding hydrogens is 332 g/mol. The van der Waals surface area contributed by atoms with E-state index in [9.17, 15) is 13.6 Å². The maximum atomic E-state index is 13.6. The van der Waals surface area contributed by atoms with E-state index in [1.165, 1.54) is 23.6 Å². The van der Waals surface area contributed by atoms with E-state index in [2.05, 4.69) is 15.6 Å². The van der Waals surface area contributed by atoms with Gasteiger partial charge in [-0.1, -0.05) is 6.07 Å². The largest absolute Gasteiger partial charge is 0.338 e. The third-order valence-corrected chi connectivity index (χ3v) is 4.03. The van der Waals surface area contributed by atoms with Gasteiger partial charge in [0.05, 0.1) is 24.0 Å². The quantitative estimate of drug-likeness (QED) is 0.723. The molecule has 0 aliphatic carbocycles. The first-order chi connectivity index (χ1) is 11.6. The first-order valence-electron chi connectivity index (χ1n) is 7.10. The highest BCUT2D eigenvalue weighted by Crippen LogP contribution is 2.20. The van der Waals surface area contributed by atoms with E-state index in [4.69, 9.17) is 0 Å². The summed E-state index contributed by atoms with van der Waals surface area (Å²) in [7, 11) is 0. The van der Waals surface area contributed by atoms with Crippen LogP contribution < -0.4 is 10.6 Å². The van der Waals surface area contributed by atoms with Crippen LogP contribution in [0.25, 0.3) is 0 Å². The number of hydrogen-bond acceptors (Lipinski definition) is 4. The van der Waals surface area contributed by atoms with E-state index in [1.807, 2.05) is 17.5 Å². The minimum Gasteiger partial charge on any atom is -0.338 e. The highest BCUT2D eigenvalue weighted by Gasteiger charge is 2.07. The molecule has 122 valence electrons. The molecule has 1 aromatic carbocycles. The van der Waals surface area contributed by atoms with Crippen molar-refractivity contribution in [1.29, 1.82) is 0 Å². The standard InChI is InChI=1S/C17H13F2N3OS/c18-11-3-5-15(14(19)8-11)22-16-6-4-12(10-20-16)21-17(23)9-13-2-1-7-24-13/h1-8,10H,9H2,(H,20,22)(H,21,23). The normalized spacial score (nSPS) is 10.4. The molecule has 0 unspecified atom stereocenters. The molecule has 0 saturated heterocycles. The molecule has 2 heterocycles. The predicted molar refractivity (Wildman–Crippen MR) is 90.5 cm³/mol. The number of rotatable bonds is 5. The summed E-state index contributed by atoms with van der Waals surface area (Å²) in [4.78, 5) is 17.0. The topological polar surface area (TPSA) is 54.0 Å². The third-order valence-electron chi connectivity index (χ3n) is 3.16. The number of amides is 1. The summed E-state index contributed by atoms with van der Waals surface area (Å²) in [5, 5.41) is 7.41. The molecule has 0 aliphatic heterocycles. The Morgan fingerprint density at radius 2 is 2.04 bits per heavy atom. The van der Waals surface area contributed by atoms with Crippen LogP contribution in [-0.4, -0.2) is 10.9 Å². The van der Waals surface area contributed by atoms with E-state index in [1.54, 1.807) is 12.1 Å². The van der Waals surface area contributed by atoms with Crippen LogP contribution in [0.2, 0.25) is 0 Å². The first kappa shape index (κ1) is 16.1. The lowest BCUT2D eigenvalue weighted by molar-refractivity contribution is -0.115. The Morgan fingerprint density at radius 1 is 1.17 bits per heavy atom. The molecule has 24 heavy (non-hydrogen) atoms. The number of anilines is 3.